The van der Waals surface area contributed by atoms with Gasteiger partial charge in [-0.2, -0.15) is 31.4 Å². The minimum absolute atomic E-state index is 0.00805. The zero-order valence-electron chi connectivity index (χ0n) is 21.0. The number of aliphatic carboxylic acids is 2. The number of aryl methyl sites for hydroxylation is 2. The molecule has 218 valence electrons. The van der Waals surface area contributed by atoms with Crippen molar-refractivity contribution in [3.8, 4) is 0 Å². The minimum Gasteiger partial charge on any atom is -0.475 e. The molecule has 4 heterocycles. The predicted octanol–water partition coefficient (Wildman–Crippen LogP) is 3.20. The van der Waals surface area contributed by atoms with Crippen LogP contribution in [-0.4, -0.2) is 86.1 Å². The van der Waals surface area contributed by atoms with Crippen LogP contribution in [0.5, 0.6) is 0 Å². The first kappa shape index (κ1) is 32.0. The molecule has 2 aromatic rings. The van der Waals surface area contributed by atoms with Crippen molar-refractivity contribution in [2.45, 2.75) is 44.4 Å². The van der Waals surface area contributed by atoms with E-state index in [2.05, 4.69) is 21.0 Å². The Labute approximate surface area is 219 Å². The number of likely N-dealkylation sites (tertiary alicyclic amines) is 1. The standard InChI is InChI=1S/C19H26N4O2.2C2HF3O2/c1-15-9-18(22(2)21-15)10-23-13-19(14-23)17(5-8-25-19)12-24-11-16-3-6-20-7-4-16;2*3-2(4,5)1(6)7/h3-4,6-7,9,17H,5,8,10-14H2,1-2H3;2*(H,6,7). The highest BCUT2D eigenvalue weighted by Crippen LogP contribution is 2.40. The predicted molar refractivity (Wildman–Crippen MR) is 121 cm³/mol. The first-order chi connectivity index (χ1) is 18.0. The molecule has 2 aliphatic rings. The van der Waals surface area contributed by atoms with Crippen LogP contribution in [0.25, 0.3) is 0 Å². The Bertz CT molecular complexity index is 1060. The second-order valence-corrected chi connectivity index (χ2v) is 8.92. The molecular formula is C23H28F6N4O6. The lowest BCUT2D eigenvalue weighted by Gasteiger charge is -2.50. The number of nitrogens with zero attached hydrogens (tertiary/aromatic N) is 4. The lowest BCUT2D eigenvalue weighted by Crippen LogP contribution is -2.64. The summed E-state index contributed by atoms with van der Waals surface area (Å²) in [4.78, 5) is 24.3. The molecule has 2 saturated heterocycles. The van der Waals surface area contributed by atoms with E-state index < -0.39 is 24.3 Å². The molecule has 0 amide bonds. The fourth-order valence-corrected chi connectivity index (χ4v) is 4.03. The summed E-state index contributed by atoms with van der Waals surface area (Å²) >= 11 is 0. The van der Waals surface area contributed by atoms with Gasteiger partial charge in [0.2, 0.25) is 0 Å². The number of carboxylic acid groups (broad SMARTS) is 2. The summed E-state index contributed by atoms with van der Waals surface area (Å²) < 4.78 is 77.6. The summed E-state index contributed by atoms with van der Waals surface area (Å²) in [5, 5.41) is 18.7. The molecule has 2 aliphatic heterocycles. The van der Waals surface area contributed by atoms with Crippen LogP contribution in [0, 0.1) is 12.8 Å². The Morgan fingerprint density at radius 2 is 1.64 bits per heavy atom. The van der Waals surface area contributed by atoms with Crippen LogP contribution in [0.1, 0.15) is 23.4 Å². The molecule has 0 saturated carbocycles. The van der Waals surface area contributed by atoms with E-state index in [0.29, 0.717) is 12.5 Å². The monoisotopic (exact) mass is 570 g/mol. The summed E-state index contributed by atoms with van der Waals surface area (Å²) in [6.07, 6.45) is -5.46. The zero-order valence-corrected chi connectivity index (χ0v) is 21.0. The van der Waals surface area contributed by atoms with Gasteiger partial charge in [-0.15, -0.1) is 0 Å². The third-order valence-electron chi connectivity index (χ3n) is 5.89. The molecule has 0 radical (unpaired) electrons. The third-order valence-corrected chi connectivity index (χ3v) is 5.89. The molecule has 1 unspecified atom stereocenters. The zero-order chi connectivity index (χ0) is 29.4. The van der Waals surface area contributed by atoms with Crippen LogP contribution in [0.15, 0.2) is 30.6 Å². The van der Waals surface area contributed by atoms with Gasteiger partial charge in [-0.05, 0) is 37.1 Å². The van der Waals surface area contributed by atoms with Crippen molar-refractivity contribution in [1.29, 1.82) is 0 Å². The Balaban J connectivity index is 0.000000317. The molecule has 0 aliphatic carbocycles. The van der Waals surface area contributed by atoms with Gasteiger partial charge in [0, 0.05) is 51.6 Å². The molecular weight excluding hydrogens is 542 g/mol. The smallest absolute Gasteiger partial charge is 0.475 e. The Kier molecular flexibility index (Phi) is 10.8. The normalized spacial score (nSPS) is 18.4. The number of halogens is 6. The quantitative estimate of drug-likeness (QED) is 0.504. The second-order valence-electron chi connectivity index (χ2n) is 8.92. The SMILES string of the molecule is Cc1cc(CN2CC3(C2)OCCC3COCc2ccncc2)n(C)n1.O=C(O)C(F)(F)F.O=C(O)C(F)(F)F. The molecule has 0 bridgehead atoms. The van der Waals surface area contributed by atoms with E-state index in [1.54, 1.807) is 0 Å². The van der Waals surface area contributed by atoms with Crippen LogP contribution in [0.4, 0.5) is 26.3 Å². The summed E-state index contributed by atoms with van der Waals surface area (Å²) in [6, 6.07) is 6.17. The van der Waals surface area contributed by atoms with Crippen molar-refractivity contribution >= 4 is 11.9 Å². The van der Waals surface area contributed by atoms with Crippen LogP contribution in [-0.2, 0) is 39.3 Å². The highest BCUT2D eigenvalue weighted by Gasteiger charge is 2.53. The highest BCUT2D eigenvalue weighted by molar-refractivity contribution is 5.73. The molecule has 39 heavy (non-hydrogen) atoms. The van der Waals surface area contributed by atoms with Crippen LogP contribution in [0.2, 0.25) is 0 Å². The number of hydrogen-bond acceptors (Lipinski definition) is 7. The minimum atomic E-state index is -5.08. The van der Waals surface area contributed by atoms with Crippen molar-refractivity contribution in [2.75, 3.05) is 26.3 Å². The van der Waals surface area contributed by atoms with Crippen molar-refractivity contribution < 1.29 is 55.6 Å². The maximum atomic E-state index is 10.6. The maximum Gasteiger partial charge on any atom is 0.490 e. The maximum absolute atomic E-state index is 10.6. The second kappa shape index (κ2) is 13.2. The molecule has 4 rings (SSSR count). The topological polar surface area (TPSA) is 127 Å². The van der Waals surface area contributed by atoms with E-state index in [0.717, 1.165) is 45.0 Å². The van der Waals surface area contributed by atoms with Gasteiger partial charge in [-0.3, -0.25) is 14.6 Å². The van der Waals surface area contributed by atoms with Crippen molar-refractivity contribution in [1.82, 2.24) is 19.7 Å². The van der Waals surface area contributed by atoms with Gasteiger partial charge in [0.25, 0.3) is 0 Å². The summed E-state index contributed by atoms with van der Waals surface area (Å²) in [7, 11) is 2.01. The Hall–Kier alpha value is -3.24. The van der Waals surface area contributed by atoms with Crippen LogP contribution >= 0.6 is 0 Å². The third kappa shape index (κ3) is 9.78. The molecule has 2 aromatic heterocycles. The summed E-state index contributed by atoms with van der Waals surface area (Å²) in [5.74, 6) is -5.03. The van der Waals surface area contributed by atoms with Gasteiger partial charge in [0.05, 0.1) is 30.2 Å². The van der Waals surface area contributed by atoms with E-state index in [1.165, 1.54) is 11.3 Å². The van der Waals surface area contributed by atoms with E-state index in [-0.39, 0.29) is 5.60 Å². The van der Waals surface area contributed by atoms with Gasteiger partial charge in [0.1, 0.15) is 0 Å². The fourth-order valence-electron chi connectivity index (χ4n) is 4.03. The fraction of sp³-hybridized carbons (Fsp3) is 0.565. The number of aromatic nitrogens is 3. The first-order valence-electron chi connectivity index (χ1n) is 11.5. The number of hydrogen-bond donors (Lipinski definition) is 2. The van der Waals surface area contributed by atoms with Gasteiger partial charge >= 0.3 is 24.3 Å². The van der Waals surface area contributed by atoms with E-state index in [4.69, 9.17) is 29.3 Å². The average Bonchev–Trinajstić information content (AvgIpc) is 3.36. The lowest BCUT2D eigenvalue weighted by atomic mass is 9.81. The average molecular weight is 570 g/mol. The molecule has 16 heteroatoms. The molecule has 10 nitrogen and oxygen atoms in total. The Morgan fingerprint density at radius 1 is 1.10 bits per heavy atom. The largest absolute Gasteiger partial charge is 0.490 e. The number of pyridine rings is 1. The van der Waals surface area contributed by atoms with Crippen molar-refractivity contribution in [3.05, 3.63) is 47.5 Å². The molecule has 2 fully saturated rings. The van der Waals surface area contributed by atoms with E-state index >= 15 is 0 Å². The molecule has 0 aromatic carbocycles. The molecule has 2 N–H and O–H groups in total. The highest BCUT2D eigenvalue weighted by atomic mass is 19.4. The van der Waals surface area contributed by atoms with Crippen molar-refractivity contribution in [2.24, 2.45) is 13.0 Å². The summed E-state index contributed by atoms with van der Waals surface area (Å²) in [6.45, 7) is 7.21. The molecule has 1 spiro atoms. The van der Waals surface area contributed by atoms with Crippen LogP contribution < -0.4 is 0 Å². The number of carbonyl (C=O) groups is 2. The lowest BCUT2D eigenvalue weighted by molar-refractivity contribution is -0.193. The first-order valence-corrected chi connectivity index (χ1v) is 11.5. The van der Waals surface area contributed by atoms with Crippen molar-refractivity contribution in [3.63, 3.8) is 0 Å². The van der Waals surface area contributed by atoms with Gasteiger partial charge in [-0.1, -0.05) is 0 Å². The number of rotatable bonds is 6. The van der Waals surface area contributed by atoms with Gasteiger partial charge in [0.15, 0.2) is 0 Å². The Morgan fingerprint density at radius 3 is 2.10 bits per heavy atom. The molecule has 1 atom stereocenters. The number of carboxylic acids is 2. The summed E-state index contributed by atoms with van der Waals surface area (Å²) in [5.41, 5.74) is 3.50. The number of alkyl halides is 6. The van der Waals surface area contributed by atoms with Gasteiger partial charge in [-0.25, -0.2) is 9.59 Å². The van der Waals surface area contributed by atoms with Gasteiger partial charge < -0.3 is 19.7 Å². The van der Waals surface area contributed by atoms with Crippen LogP contribution in [0.3, 0.4) is 0 Å². The van der Waals surface area contributed by atoms with E-state index in [1.807, 2.05) is 43.2 Å². The number of ether oxygens (including phenoxy) is 2. The van der Waals surface area contributed by atoms with E-state index in [9.17, 15) is 26.3 Å².